The van der Waals surface area contributed by atoms with Gasteiger partial charge in [-0.15, -0.1) is 0 Å². The molecule has 0 heterocycles. The van der Waals surface area contributed by atoms with E-state index in [-0.39, 0.29) is 18.1 Å². The zero-order valence-corrected chi connectivity index (χ0v) is 16.6. The molecule has 3 aromatic carbocycles. The van der Waals surface area contributed by atoms with Crippen LogP contribution in [0.1, 0.15) is 43.0 Å². The first-order valence-electron chi connectivity index (χ1n) is 9.27. The maximum absolute atomic E-state index is 13.0. The number of carboxylic acid groups (broad SMARTS) is 1. The van der Waals surface area contributed by atoms with Gasteiger partial charge < -0.3 is 15.5 Å². The minimum atomic E-state index is -1.03. The number of aryl methyl sites for hydroxylation is 2. The van der Waals surface area contributed by atoms with Gasteiger partial charge >= 0.3 is 5.97 Å². The van der Waals surface area contributed by atoms with Crippen molar-refractivity contribution in [3.63, 3.8) is 0 Å². The molecule has 0 saturated heterocycles. The molecule has 0 unspecified atom stereocenters. The number of amides is 1. The quantitative estimate of drug-likeness (QED) is 0.589. The summed E-state index contributed by atoms with van der Waals surface area (Å²) in [6.45, 7) is 5.33. The van der Waals surface area contributed by atoms with E-state index in [1.54, 1.807) is 19.1 Å². The van der Waals surface area contributed by atoms with E-state index in [4.69, 9.17) is 0 Å². The van der Waals surface area contributed by atoms with Crippen molar-refractivity contribution < 1.29 is 19.8 Å². The number of aromatic carboxylic acids is 1. The minimum Gasteiger partial charge on any atom is -0.478 e. The molecule has 148 valence electrons. The highest BCUT2D eigenvalue weighted by molar-refractivity contribution is 6.07. The molecule has 0 spiro atoms. The summed E-state index contributed by atoms with van der Waals surface area (Å²) in [5.41, 5.74) is 5.89. The molecule has 29 heavy (non-hydrogen) atoms. The summed E-state index contributed by atoms with van der Waals surface area (Å²) in [6, 6.07) is 16.4. The van der Waals surface area contributed by atoms with Crippen LogP contribution in [0.5, 0.6) is 0 Å². The standard InChI is InChI=1S/C24H23NO4/c1-14-7-9-19(18-6-4-5-17(11-18)13-26)12-21(14)23(27)25-22-15(2)8-10-20(16(22)3)24(28)29/h4-12,26H,13H2,1-3H3,(H,25,27)(H,28,29). The highest BCUT2D eigenvalue weighted by Crippen LogP contribution is 2.27. The van der Waals surface area contributed by atoms with Gasteiger partial charge in [-0.25, -0.2) is 4.79 Å². The molecule has 0 saturated carbocycles. The van der Waals surface area contributed by atoms with Crippen LogP contribution in [-0.2, 0) is 6.61 Å². The van der Waals surface area contributed by atoms with E-state index < -0.39 is 5.97 Å². The van der Waals surface area contributed by atoms with Crippen LogP contribution in [0, 0.1) is 20.8 Å². The van der Waals surface area contributed by atoms with E-state index in [2.05, 4.69) is 5.32 Å². The second-order valence-electron chi connectivity index (χ2n) is 7.08. The van der Waals surface area contributed by atoms with Crippen molar-refractivity contribution in [3.8, 4) is 11.1 Å². The smallest absolute Gasteiger partial charge is 0.336 e. The average molecular weight is 389 g/mol. The number of carbonyl (C=O) groups is 2. The van der Waals surface area contributed by atoms with Crippen molar-refractivity contribution >= 4 is 17.6 Å². The van der Waals surface area contributed by atoms with E-state index in [0.717, 1.165) is 27.8 Å². The molecule has 3 rings (SSSR count). The lowest BCUT2D eigenvalue weighted by molar-refractivity contribution is 0.0695. The summed E-state index contributed by atoms with van der Waals surface area (Å²) in [5, 5.41) is 21.6. The number of aliphatic hydroxyl groups excluding tert-OH is 1. The normalized spacial score (nSPS) is 10.6. The molecule has 0 aliphatic rings. The molecule has 0 radical (unpaired) electrons. The van der Waals surface area contributed by atoms with Crippen LogP contribution in [0.15, 0.2) is 54.6 Å². The summed E-state index contributed by atoms with van der Waals surface area (Å²) in [6.07, 6.45) is 0. The maximum atomic E-state index is 13.0. The van der Waals surface area contributed by atoms with Crippen molar-refractivity contribution in [2.45, 2.75) is 27.4 Å². The van der Waals surface area contributed by atoms with E-state index >= 15 is 0 Å². The molecule has 5 heteroatoms. The Morgan fingerprint density at radius 1 is 0.862 bits per heavy atom. The van der Waals surface area contributed by atoms with Crippen LogP contribution < -0.4 is 5.32 Å². The van der Waals surface area contributed by atoms with Crippen molar-refractivity contribution in [3.05, 3.63) is 88.0 Å². The lowest BCUT2D eigenvalue weighted by atomic mass is 9.97. The van der Waals surface area contributed by atoms with Crippen LogP contribution >= 0.6 is 0 Å². The molecule has 3 aromatic rings. The Kier molecular flexibility index (Phi) is 5.80. The zero-order valence-electron chi connectivity index (χ0n) is 16.6. The number of hydrogen-bond acceptors (Lipinski definition) is 3. The van der Waals surface area contributed by atoms with Crippen LogP contribution in [0.3, 0.4) is 0 Å². The third-order valence-corrected chi connectivity index (χ3v) is 5.07. The first-order valence-corrected chi connectivity index (χ1v) is 9.27. The SMILES string of the molecule is Cc1ccc(-c2cccc(CO)c2)cc1C(=O)Nc1c(C)ccc(C(=O)O)c1C. The van der Waals surface area contributed by atoms with Gasteiger partial charge in [-0.2, -0.15) is 0 Å². The molecule has 0 aromatic heterocycles. The highest BCUT2D eigenvalue weighted by atomic mass is 16.4. The van der Waals surface area contributed by atoms with Gasteiger partial charge in [0.25, 0.3) is 5.91 Å². The number of rotatable bonds is 5. The Balaban J connectivity index is 1.98. The van der Waals surface area contributed by atoms with Gasteiger partial charge in [0.2, 0.25) is 0 Å². The molecule has 0 bridgehead atoms. The third kappa shape index (κ3) is 4.20. The number of nitrogens with one attached hydrogen (secondary N) is 1. The Hall–Kier alpha value is -3.44. The molecule has 3 N–H and O–H groups in total. The topological polar surface area (TPSA) is 86.6 Å². The predicted molar refractivity (Wildman–Crippen MR) is 113 cm³/mol. The average Bonchev–Trinajstić information content (AvgIpc) is 2.71. The van der Waals surface area contributed by atoms with Crippen molar-refractivity contribution in [1.82, 2.24) is 0 Å². The lowest BCUT2D eigenvalue weighted by Crippen LogP contribution is -2.16. The molecular formula is C24H23NO4. The van der Waals surface area contributed by atoms with Gasteiger partial charge in [-0.1, -0.05) is 36.4 Å². The third-order valence-electron chi connectivity index (χ3n) is 5.07. The van der Waals surface area contributed by atoms with Gasteiger partial charge in [-0.3, -0.25) is 4.79 Å². The Morgan fingerprint density at radius 3 is 2.24 bits per heavy atom. The molecule has 0 fully saturated rings. The first kappa shape index (κ1) is 20.3. The number of anilines is 1. The summed E-state index contributed by atoms with van der Waals surface area (Å²) in [5.74, 6) is -1.32. The Morgan fingerprint density at radius 2 is 1.55 bits per heavy atom. The Bertz CT molecular complexity index is 1100. The van der Waals surface area contributed by atoms with Gasteiger partial charge in [0.05, 0.1) is 12.2 Å². The number of hydrogen-bond donors (Lipinski definition) is 3. The van der Waals surface area contributed by atoms with Crippen molar-refractivity contribution in [2.24, 2.45) is 0 Å². The zero-order chi connectivity index (χ0) is 21.1. The van der Waals surface area contributed by atoms with Crippen LogP contribution in [0.25, 0.3) is 11.1 Å². The maximum Gasteiger partial charge on any atom is 0.336 e. The summed E-state index contributed by atoms with van der Waals surface area (Å²) >= 11 is 0. The highest BCUT2D eigenvalue weighted by Gasteiger charge is 2.17. The number of carboxylic acids is 1. The molecule has 5 nitrogen and oxygen atoms in total. The van der Waals surface area contributed by atoms with Crippen LogP contribution in [-0.4, -0.2) is 22.1 Å². The van der Waals surface area contributed by atoms with E-state index in [9.17, 15) is 19.8 Å². The van der Waals surface area contributed by atoms with Crippen molar-refractivity contribution in [2.75, 3.05) is 5.32 Å². The molecule has 0 aliphatic carbocycles. The van der Waals surface area contributed by atoms with Crippen molar-refractivity contribution in [1.29, 1.82) is 0 Å². The van der Waals surface area contributed by atoms with E-state index in [0.29, 0.717) is 16.8 Å². The molecule has 0 atom stereocenters. The van der Waals surface area contributed by atoms with Gasteiger partial charge in [0, 0.05) is 11.3 Å². The molecule has 1 amide bonds. The second kappa shape index (κ2) is 8.29. The van der Waals surface area contributed by atoms with E-state index in [1.807, 2.05) is 56.3 Å². The summed E-state index contributed by atoms with van der Waals surface area (Å²) < 4.78 is 0. The largest absolute Gasteiger partial charge is 0.478 e. The van der Waals surface area contributed by atoms with Gasteiger partial charge in [-0.05, 0) is 72.4 Å². The van der Waals surface area contributed by atoms with E-state index in [1.165, 1.54) is 0 Å². The Labute approximate surface area is 169 Å². The van der Waals surface area contributed by atoms with Crippen LogP contribution in [0.2, 0.25) is 0 Å². The monoisotopic (exact) mass is 389 g/mol. The van der Waals surface area contributed by atoms with Gasteiger partial charge in [0.1, 0.15) is 0 Å². The second-order valence-corrected chi connectivity index (χ2v) is 7.08. The number of carbonyl (C=O) groups excluding carboxylic acids is 1. The minimum absolute atomic E-state index is 0.0501. The molecule has 0 aliphatic heterocycles. The fourth-order valence-electron chi connectivity index (χ4n) is 3.35. The number of aliphatic hydroxyl groups is 1. The fourth-order valence-corrected chi connectivity index (χ4v) is 3.35. The van der Waals surface area contributed by atoms with Crippen LogP contribution in [0.4, 0.5) is 5.69 Å². The predicted octanol–water partition coefficient (Wildman–Crippen LogP) is 4.72. The fraction of sp³-hybridized carbons (Fsp3) is 0.167. The molecular weight excluding hydrogens is 366 g/mol. The summed E-state index contributed by atoms with van der Waals surface area (Å²) in [7, 11) is 0. The number of benzene rings is 3. The van der Waals surface area contributed by atoms with Gasteiger partial charge in [0.15, 0.2) is 0 Å². The summed E-state index contributed by atoms with van der Waals surface area (Å²) in [4.78, 5) is 24.4. The lowest BCUT2D eigenvalue weighted by Gasteiger charge is -2.15. The first-order chi connectivity index (χ1) is 13.8.